The van der Waals surface area contributed by atoms with Crippen LogP contribution in [0.1, 0.15) is 22.7 Å². The minimum atomic E-state index is 0.261. The second-order valence-electron chi connectivity index (χ2n) is 4.64. The summed E-state index contributed by atoms with van der Waals surface area (Å²) in [7, 11) is 1.99. The van der Waals surface area contributed by atoms with E-state index in [0.717, 1.165) is 15.9 Å². The highest BCUT2D eigenvalue weighted by Gasteiger charge is 2.14. The van der Waals surface area contributed by atoms with Crippen LogP contribution in [0.4, 0.5) is 0 Å². The van der Waals surface area contributed by atoms with E-state index in [1.54, 1.807) is 0 Å². The summed E-state index contributed by atoms with van der Waals surface area (Å²) in [5, 5.41) is 4.17. The molecule has 0 aromatic heterocycles. The maximum absolute atomic E-state index is 6.12. The molecule has 19 heavy (non-hydrogen) atoms. The van der Waals surface area contributed by atoms with Crippen LogP contribution in [0.25, 0.3) is 0 Å². The average Bonchev–Trinajstić information content (AvgIpc) is 2.41. The Morgan fingerprint density at radius 3 is 2.63 bits per heavy atom. The van der Waals surface area contributed by atoms with Crippen LogP contribution in [0, 0.1) is 6.92 Å². The van der Waals surface area contributed by atoms with Gasteiger partial charge in [0.2, 0.25) is 0 Å². The van der Waals surface area contributed by atoms with E-state index < -0.39 is 0 Å². The first kappa shape index (κ1) is 14.6. The zero-order valence-electron chi connectivity index (χ0n) is 11.1. The number of aryl methyl sites for hydroxylation is 1. The van der Waals surface area contributed by atoms with Crippen molar-refractivity contribution in [1.82, 2.24) is 5.32 Å². The Bertz CT molecular complexity index is 568. The lowest BCUT2D eigenvalue weighted by Crippen LogP contribution is -2.20. The second kappa shape index (κ2) is 6.56. The molecule has 2 aromatic carbocycles. The minimum absolute atomic E-state index is 0.261. The SMILES string of the molecule is CNC(Cc1ccccc1Br)c1cc(Cl)ccc1C. The van der Waals surface area contributed by atoms with Crippen molar-refractivity contribution in [3.8, 4) is 0 Å². The molecule has 0 radical (unpaired) electrons. The monoisotopic (exact) mass is 337 g/mol. The van der Waals surface area contributed by atoms with Crippen LogP contribution in [0.5, 0.6) is 0 Å². The largest absolute Gasteiger partial charge is 0.313 e. The average molecular weight is 339 g/mol. The Balaban J connectivity index is 2.30. The van der Waals surface area contributed by atoms with Crippen LogP contribution >= 0.6 is 27.5 Å². The summed E-state index contributed by atoms with van der Waals surface area (Å²) in [5.74, 6) is 0. The molecule has 0 spiro atoms. The van der Waals surface area contributed by atoms with Gasteiger partial charge < -0.3 is 5.32 Å². The number of likely N-dealkylation sites (N-methyl/N-ethyl adjacent to an activating group) is 1. The molecule has 1 unspecified atom stereocenters. The molecule has 2 rings (SSSR count). The Labute approximate surface area is 128 Å². The van der Waals surface area contributed by atoms with Crippen LogP contribution in [-0.4, -0.2) is 7.05 Å². The lowest BCUT2D eigenvalue weighted by atomic mass is 9.95. The fourth-order valence-electron chi connectivity index (χ4n) is 2.24. The molecule has 3 heteroatoms. The van der Waals surface area contributed by atoms with Crippen molar-refractivity contribution in [2.45, 2.75) is 19.4 Å². The quantitative estimate of drug-likeness (QED) is 0.835. The molecule has 0 bridgehead atoms. The van der Waals surface area contributed by atoms with Crippen LogP contribution in [-0.2, 0) is 6.42 Å². The van der Waals surface area contributed by atoms with Gasteiger partial charge in [-0.15, -0.1) is 0 Å². The molecule has 0 amide bonds. The van der Waals surface area contributed by atoms with Crippen LogP contribution < -0.4 is 5.32 Å². The maximum Gasteiger partial charge on any atom is 0.0409 e. The predicted molar refractivity (Wildman–Crippen MR) is 85.8 cm³/mol. The summed E-state index contributed by atoms with van der Waals surface area (Å²) in [4.78, 5) is 0. The van der Waals surface area contributed by atoms with Crippen molar-refractivity contribution in [2.24, 2.45) is 0 Å². The van der Waals surface area contributed by atoms with E-state index in [1.165, 1.54) is 16.7 Å². The van der Waals surface area contributed by atoms with Crippen molar-refractivity contribution in [3.05, 3.63) is 68.7 Å². The summed E-state index contributed by atoms with van der Waals surface area (Å²) < 4.78 is 1.15. The van der Waals surface area contributed by atoms with E-state index in [9.17, 15) is 0 Å². The lowest BCUT2D eigenvalue weighted by molar-refractivity contribution is 0.588. The first-order valence-electron chi connectivity index (χ1n) is 6.28. The molecule has 1 N–H and O–H groups in total. The van der Waals surface area contributed by atoms with Crippen molar-refractivity contribution < 1.29 is 0 Å². The topological polar surface area (TPSA) is 12.0 Å². The van der Waals surface area contributed by atoms with Crippen molar-refractivity contribution >= 4 is 27.5 Å². The number of nitrogens with one attached hydrogen (secondary N) is 1. The third-order valence-electron chi connectivity index (χ3n) is 3.35. The van der Waals surface area contributed by atoms with Crippen molar-refractivity contribution in [2.75, 3.05) is 7.05 Å². The standard InChI is InChI=1S/C16H17BrClN/c1-11-7-8-13(18)10-14(11)16(19-2)9-12-5-3-4-6-15(12)17/h3-8,10,16,19H,9H2,1-2H3. The summed E-state index contributed by atoms with van der Waals surface area (Å²) in [6.45, 7) is 2.12. The maximum atomic E-state index is 6.12. The molecule has 0 heterocycles. The van der Waals surface area contributed by atoms with Gasteiger partial charge in [0.15, 0.2) is 0 Å². The van der Waals surface area contributed by atoms with Gasteiger partial charge in [-0.1, -0.05) is 51.8 Å². The number of hydrogen-bond donors (Lipinski definition) is 1. The Hall–Kier alpha value is -0.830. The van der Waals surface area contributed by atoms with Gasteiger partial charge in [-0.3, -0.25) is 0 Å². The van der Waals surface area contributed by atoms with Gasteiger partial charge in [-0.05, 0) is 55.3 Å². The summed E-state index contributed by atoms with van der Waals surface area (Å²) in [6.07, 6.45) is 0.930. The molecular weight excluding hydrogens is 322 g/mol. The number of halogens is 2. The highest BCUT2D eigenvalue weighted by molar-refractivity contribution is 9.10. The fraction of sp³-hybridized carbons (Fsp3) is 0.250. The van der Waals surface area contributed by atoms with Gasteiger partial charge in [0.1, 0.15) is 0 Å². The first-order chi connectivity index (χ1) is 9.11. The van der Waals surface area contributed by atoms with E-state index >= 15 is 0 Å². The zero-order chi connectivity index (χ0) is 13.8. The number of rotatable bonds is 4. The molecule has 0 fully saturated rings. The third kappa shape index (κ3) is 3.59. The minimum Gasteiger partial charge on any atom is -0.313 e. The third-order valence-corrected chi connectivity index (χ3v) is 4.36. The Kier molecular flexibility index (Phi) is 5.03. The molecule has 1 atom stereocenters. The van der Waals surface area contributed by atoms with Crippen LogP contribution in [0.3, 0.4) is 0 Å². The fourth-order valence-corrected chi connectivity index (χ4v) is 2.87. The summed E-state index contributed by atoms with van der Waals surface area (Å²) in [6, 6.07) is 14.6. The zero-order valence-corrected chi connectivity index (χ0v) is 13.4. The van der Waals surface area contributed by atoms with Gasteiger partial charge in [-0.25, -0.2) is 0 Å². The number of hydrogen-bond acceptors (Lipinski definition) is 1. The van der Waals surface area contributed by atoms with Crippen LogP contribution in [0.15, 0.2) is 46.9 Å². The smallest absolute Gasteiger partial charge is 0.0409 e. The highest BCUT2D eigenvalue weighted by Crippen LogP contribution is 2.27. The molecule has 0 aliphatic carbocycles. The second-order valence-corrected chi connectivity index (χ2v) is 5.93. The number of benzene rings is 2. The molecule has 100 valence electrons. The summed E-state index contributed by atoms with van der Waals surface area (Å²) in [5.41, 5.74) is 3.81. The van der Waals surface area contributed by atoms with E-state index in [4.69, 9.17) is 11.6 Å². The molecular formula is C16H17BrClN. The highest BCUT2D eigenvalue weighted by atomic mass is 79.9. The first-order valence-corrected chi connectivity index (χ1v) is 7.45. The lowest BCUT2D eigenvalue weighted by Gasteiger charge is -2.20. The van der Waals surface area contributed by atoms with Gasteiger partial charge in [0, 0.05) is 15.5 Å². The molecule has 0 saturated heterocycles. The van der Waals surface area contributed by atoms with E-state index in [0.29, 0.717) is 0 Å². The van der Waals surface area contributed by atoms with E-state index in [2.05, 4.69) is 58.5 Å². The summed E-state index contributed by atoms with van der Waals surface area (Å²) >= 11 is 9.72. The Morgan fingerprint density at radius 2 is 1.95 bits per heavy atom. The molecule has 0 aliphatic rings. The van der Waals surface area contributed by atoms with Gasteiger partial charge >= 0.3 is 0 Å². The van der Waals surface area contributed by atoms with Crippen LogP contribution in [0.2, 0.25) is 5.02 Å². The van der Waals surface area contributed by atoms with Gasteiger partial charge in [0.05, 0.1) is 0 Å². The van der Waals surface area contributed by atoms with Crippen molar-refractivity contribution in [1.29, 1.82) is 0 Å². The normalized spacial score (nSPS) is 12.4. The van der Waals surface area contributed by atoms with Gasteiger partial charge in [0.25, 0.3) is 0 Å². The van der Waals surface area contributed by atoms with E-state index in [-0.39, 0.29) is 6.04 Å². The molecule has 0 aliphatic heterocycles. The predicted octanol–water partition coefficient (Wildman–Crippen LogP) is 4.91. The molecule has 2 aromatic rings. The molecule has 0 saturated carbocycles. The van der Waals surface area contributed by atoms with Gasteiger partial charge in [-0.2, -0.15) is 0 Å². The van der Waals surface area contributed by atoms with Crippen molar-refractivity contribution in [3.63, 3.8) is 0 Å². The van der Waals surface area contributed by atoms with E-state index in [1.807, 2.05) is 19.2 Å². The molecule has 1 nitrogen and oxygen atoms in total. The Morgan fingerprint density at radius 1 is 1.21 bits per heavy atom.